The first-order valence-electron chi connectivity index (χ1n) is 8.71. The van der Waals surface area contributed by atoms with Gasteiger partial charge in [-0.25, -0.2) is 14.2 Å². The minimum atomic E-state index is -4.65. The van der Waals surface area contributed by atoms with Crippen LogP contribution in [0.3, 0.4) is 0 Å². The number of aromatic nitrogens is 3. The van der Waals surface area contributed by atoms with Crippen LogP contribution in [0.2, 0.25) is 5.02 Å². The third-order valence-corrected chi connectivity index (χ3v) is 4.44. The van der Waals surface area contributed by atoms with Crippen molar-refractivity contribution in [3.63, 3.8) is 0 Å². The lowest BCUT2D eigenvalue weighted by molar-refractivity contribution is -0.141. The molecule has 2 heterocycles. The van der Waals surface area contributed by atoms with Gasteiger partial charge >= 0.3 is 12.2 Å². The lowest BCUT2D eigenvalue weighted by Crippen LogP contribution is -2.34. The quantitative estimate of drug-likeness (QED) is 0.526. The van der Waals surface area contributed by atoms with Crippen LogP contribution in [-0.2, 0) is 12.7 Å². The Labute approximate surface area is 183 Å². The molecule has 0 saturated carbocycles. The molecular weight excluding hydrogens is 456 g/mol. The maximum atomic E-state index is 13.4. The highest BCUT2D eigenvalue weighted by atomic mass is 35.5. The smallest absolute Gasteiger partial charge is 0.432 e. The number of hydrogen-bond donors (Lipinski definition) is 2. The van der Waals surface area contributed by atoms with Crippen LogP contribution in [0.25, 0.3) is 0 Å². The first-order valence-corrected chi connectivity index (χ1v) is 9.09. The standard InChI is InChI=1S/C19H13ClF4N6O2/c1-32-16-6-12(8-26-15(16)7-25)30(9-11-5-17(29-28-11)19(22,23)24)18(31)27-10-2-3-14(21)13(20)4-10/h2-6,8H,9H2,1H3,(H,27,31)(H,28,29). The van der Waals surface area contributed by atoms with Crippen molar-refractivity contribution < 1.29 is 27.1 Å². The first kappa shape index (κ1) is 22.8. The Morgan fingerprint density at radius 1 is 1.34 bits per heavy atom. The number of H-pyrrole nitrogens is 1. The van der Waals surface area contributed by atoms with Gasteiger partial charge in [0.1, 0.15) is 17.6 Å². The summed E-state index contributed by atoms with van der Waals surface area (Å²) in [6, 6.07) is 6.54. The molecule has 13 heteroatoms. The highest BCUT2D eigenvalue weighted by molar-refractivity contribution is 6.31. The van der Waals surface area contributed by atoms with Crippen LogP contribution >= 0.6 is 11.6 Å². The van der Waals surface area contributed by atoms with E-state index in [4.69, 9.17) is 21.6 Å². The molecule has 0 aliphatic rings. The van der Waals surface area contributed by atoms with Gasteiger partial charge < -0.3 is 10.1 Å². The van der Waals surface area contributed by atoms with Gasteiger partial charge in [0, 0.05) is 11.8 Å². The Hall–Kier alpha value is -3.85. The number of nitrogens with zero attached hydrogens (tertiary/aromatic N) is 4. The number of amides is 2. The third-order valence-electron chi connectivity index (χ3n) is 4.15. The van der Waals surface area contributed by atoms with Crippen LogP contribution in [0.4, 0.5) is 33.7 Å². The number of carbonyl (C=O) groups is 1. The number of anilines is 2. The van der Waals surface area contributed by atoms with Gasteiger partial charge in [-0.05, 0) is 24.3 Å². The molecule has 0 unspecified atom stereocenters. The van der Waals surface area contributed by atoms with E-state index in [0.717, 1.165) is 17.0 Å². The van der Waals surface area contributed by atoms with E-state index >= 15 is 0 Å². The summed E-state index contributed by atoms with van der Waals surface area (Å²) in [6.07, 6.45) is -3.47. The minimum Gasteiger partial charge on any atom is -0.494 e. The number of methoxy groups -OCH3 is 1. The Morgan fingerprint density at radius 2 is 2.09 bits per heavy atom. The molecule has 3 rings (SSSR count). The molecule has 2 amide bonds. The molecule has 1 aromatic carbocycles. The maximum Gasteiger partial charge on any atom is 0.432 e. The molecule has 32 heavy (non-hydrogen) atoms. The minimum absolute atomic E-state index is 0.0469. The van der Waals surface area contributed by atoms with Gasteiger partial charge in [0.05, 0.1) is 36.3 Å². The second-order valence-corrected chi connectivity index (χ2v) is 6.68. The fourth-order valence-corrected chi connectivity index (χ4v) is 2.80. The summed E-state index contributed by atoms with van der Waals surface area (Å²) in [5, 5.41) is 16.8. The number of benzene rings is 1. The SMILES string of the molecule is COc1cc(N(Cc2cc(C(F)(F)F)[nH]n2)C(=O)Nc2ccc(F)c(Cl)c2)cnc1C#N. The van der Waals surface area contributed by atoms with Gasteiger partial charge in [-0.1, -0.05) is 11.6 Å². The number of nitrogens with one attached hydrogen (secondary N) is 2. The molecule has 0 spiro atoms. The summed E-state index contributed by atoms with van der Waals surface area (Å²) in [5.41, 5.74) is -1.01. The predicted octanol–water partition coefficient (Wildman–Crippen LogP) is 4.73. The van der Waals surface area contributed by atoms with Gasteiger partial charge in [-0.3, -0.25) is 10.00 Å². The van der Waals surface area contributed by atoms with Crippen LogP contribution < -0.4 is 15.0 Å². The first-order chi connectivity index (χ1) is 15.1. The zero-order chi connectivity index (χ0) is 23.5. The van der Waals surface area contributed by atoms with Crippen molar-refractivity contribution >= 4 is 29.0 Å². The van der Waals surface area contributed by atoms with Crippen LogP contribution in [0, 0.1) is 17.1 Å². The molecule has 8 nitrogen and oxygen atoms in total. The summed E-state index contributed by atoms with van der Waals surface area (Å²) in [7, 11) is 1.29. The van der Waals surface area contributed by atoms with Crippen molar-refractivity contribution in [2.45, 2.75) is 12.7 Å². The summed E-state index contributed by atoms with van der Waals surface area (Å²) >= 11 is 5.72. The number of carbonyl (C=O) groups excluding carboxylic acids is 1. The Kier molecular flexibility index (Phi) is 6.50. The molecule has 0 aliphatic heterocycles. The third kappa shape index (κ3) is 5.06. The molecule has 3 aromatic rings. The molecule has 166 valence electrons. The van der Waals surface area contributed by atoms with Crippen LogP contribution in [0.5, 0.6) is 5.75 Å². The number of nitriles is 1. The Balaban J connectivity index is 1.96. The van der Waals surface area contributed by atoms with Gasteiger partial charge in [0.25, 0.3) is 0 Å². The largest absolute Gasteiger partial charge is 0.494 e. The van der Waals surface area contributed by atoms with Gasteiger partial charge in [0.15, 0.2) is 11.4 Å². The van der Waals surface area contributed by atoms with Crippen molar-refractivity contribution in [3.8, 4) is 11.8 Å². The van der Waals surface area contributed by atoms with Crippen molar-refractivity contribution in [2.75, 3.05) is 17.3 Å². The number of aromatic amines is 1. The van der Waals surface area contributed by atoms with E-state index in [1.165, 1.54) is 31.5 Å². The van der Waals surface area contributed by atoms with Crippen molar-refractivity contribution in [1.29, 1.82) is 5.26 Å². The molecule has 0 atom stereocenters. The lowest BCUT2D eigenvalue weighted by atomic mass is 10.2. The topological polar surface area (TPSA) is 107 Å². The van der Waals surface area contributed by atoms with E-state index in [9.17, 15) is 22.4 Å². The molecule has 0 bridgehead atoms. The second kappa shape index (κ2) is 9.11. The number of hydrogen-bond acceptors (Lipinski definition) is 5. The van der Waals surface area contributed by atoms with E-state index < -0.39 is 30.3 Å². The number of halogens is 5. The number of ether oxygens (including phenoxy) is 1. The maximum absolute atomic E-state index is 13.4. The van der Waals surface area contributed by atoms with Crippen molar-refractivity contribution in [2.24, 2.45) is 0 Å². The second-order valence-electron chi connectivity index (χ2n) is 6.27. The summed E-state index contributed by atoms with van der Waals surface area (Å²) in [5.74, 6) is -0.649. The summed E-state index contributed by atoms with van der Waals surface area (Å²) < 4.78 is 57.2. The number of alkyl halides is 3. The van der Waals surface area contributed by atoms with Gasteiger partial charge in [0.2, 0.25) is 0 Å². The number of urea groups is 1. The molecule has 2 aromatic heterocycles. The highest BCUT2D eigenvalue weighted by Gasteiger charge is 2.33. The molecule has 2 N–H and O–H groups in total. The molecule has 0 saturated heterocycles. The number of pyridine rings is 1. The summed E-state index contributed by atoms with van der Waals surface area (Å²) in [6.45, 7) is -0.399. The zero-order valence-electron chi connectivity index (χ0n) is 16.2. The summed E-state index contributed by atoms with van der Waals surface area (Å²) in [4.78, 5) is 17.9. The number of rotatable bonds is 5. The fourth-order valence-electron chi connectivity index (χ4n) is 2.62. The van der Waals surface area contributed by atoms with E-state index in [-0.39, 0.29) is 33.5 Å². The average molecular weight is 469 g/mol. The zero-order valence-corrected chi connectivity index (χ0v) is 16.9. The highest BCUT2D eigenvalue weighted by Crippen LogP contribution is 2.29. The van der Waals surface area contributed by atoms with Crippen LogP contribution in [0.1, 0.15) is 17.1 Å². The Bertz CT molecular complexity index is 1190. The van der Waals surface area contributed by atoms with Crippen LogP contribution in [-0.4, -0.2) is 28.3 Å². The average Bonchev–Trinajstić information content (AvgIpc) is 3.23. The van der Waals surface area contributed by atoms with Crippen molar-refractivity contribution in [1.82, 2.24) is 15.2 Å². The fraction of sp³-hybridized carbons (Fsp3) is 0.158. The van der Waals surface area contributed by atoms with E-state index in [1.807, 2.05) is 11.2 Å². The molecule has 0 radical (unpaired) electrons. The monoisotopic (exact) mass is 468 g/mol. The normalized spacial score (nSPS) is 11.0. The molecule has 0 aliphatic carbocycles. The molecular formula is C19H13ClF4N6O2. The van der Waals surface area contributed by atoms with Gasteiger partial charge in [-0.2, -0.15) is 23.5 Å². The molecule has 0 fully saturated rings. The lowest BCUT2D eigenvalue weighted by Gasteiger charge is -2.23. The van der Waals surface area contributed by atoms with E-state index in [1.54, 1.807) is 0 Å². The van der Waals surface area contributed by atoms with E-state index in [2.05, 4.69) is 15.4 Å². The van der Waals surface area contributed by atoms with Crippen LogP contribution in [0.15, 0.2) is 36.5 Å². The van der Waals surface area contributed by atoms with Crippen molar-refractivity contribution in [3.05, 3.63) is 64.5 Å². The van der Waals surface area contributed by atoms with E-state index in [0.29, 0.717) is 0 Å². The van der Waals surface area contributed by atoms with Gasteiger partial charge in [-0.15, -0.1) is 0 Å². The predicted molar refractivity (Wildman–Crippen MR) is 106 cm³/mol. The Morgan fingerprint density at radius 3 is 2.69 bits per heavy atom.